The van der Waals surface area contributed by atoms with Crippen LogP contribution in [-0.2, 0) is 0 Å². The minimum atomic E-state index is -0.938. The summed E-state index contributed by atoms with van der Waals surface area (Å²) >= 11 is 30.4. The molecule has 0 spiro atoms. The Morgan fingerprint density at radius 1 is 0.487 bits per heavy atom. The summed E-state index contributed by atoms with van der Waals surface area (Å²) in [6.07, 6.45) is 14.8. The molecule has 115 heavy (non-hydrogen) atoms. The summed E-state index contributed by atoms with van der Waals surface area (Å²) in [7, 11) is 2.13. The molecule has 24 heteroatoms. The number of hydrogen-bond donors (Lipinski definition) is 7. The van der Waals surface area contributed by atoms with Gasteiger partial charge in [-0.3, -0.25) is 9.80 Å². The van der Waals surface area contributed by atoms with E-state index >= 15 is 0 Å². The van der Waals surface area contributed by atoms with E-state index in [2.05, 4.69) is 126 Å². The van der Waals surface area contributed by atoms with Gasteiger partial charge in [-0.1, -0.05) is 193 Å². The van der Waals surface area contributed by atoms with Crippen LogP contribution in [0.1, 0.15) is 123 Å². The molecule has 6 aliphatic rings. The maximum Gasteiger partial charge on any atom is 0.321 e. The first-order chi connectivity index (χ1) is 55.7. The first kappa shape index (κ1) is 83.8. The molecule has 0 radical (unpaired) electrons. The maximum atomic E-state index is 13.5. The Morgan fingerprint density at radius 2 is 0.948 bits per heavy atom. The van der Waals surface area contributed by atoms with Crippen LogP contribution in [0.4, 0.5) is 41.5 Å². The van der Waals surface area contributed by atoms with E-state index in [0.29, 0.717) is 92.3 Å². The number of benzene rings is 9. The summed E-state index contributed by atoms with van der Waals surface area (Å²) in [5.41, 5.74) is 12.7. The van der Waals surface area contributed by atoms with E-state index in [1.54, 1.807) is 60.7 Å². The van der Waals surface area contributed by atoms with Gasteiger partial charge in [-0.15, -0.1) is 0 Å². The third-order valence-electron chi connectivity index (χ3n) is 23.7. The first-order valence-electron chi connectivity index (χ1n) is 39.8. The molecule has 598 valence electrons. The second kappa shape index (κ2) is 40.1. The Kier molecular flexibility index (Phi) is 29.3. The number of anilines is 3. The molecule has 6 fully saturated rings. The molecule has 9 aromatic rings. The number of quaternary nitrogens is 1. The smallest absolute Gasteiger partial charge is 0.321 e. The number of carbonyl (C=O) groups excluding carboxylic acids is 3. The van der Waals surface area contributed by atoms with Crippen molar-refractivity contribution in [2.75, 3.05) is 95.0 Å². The Hall–Kier alpha value is -9.13. The normalized spacial score (nSPS) is 18.7. The molecule has 18 nitrogen and oxygen atoms in total. The number of rotatable bonds is 18. The fourth-order valence-corrected chi connectivity index (χ4v) is 18.8. The molecule has 7 N–H and O–H groups in total. The van der Waals surface area contributed by atoms with Gasteiger partial charge in [-0.25, -0.2) is 24.0 Å². The number of carbonyl (C=O) groups is 3. The lowest BCUT2D eigenvalue weighted by Gasteiger charge is -2.52. The fraction of sp³-hybridized carbons (Fsp3) is 0.352. The average Bonchev–Trinajstić information content (AvgIpc) is 1.46. The molecule has 15 rings (SSSR count). The highest BCUT2D eigenvalue weighted by Crippen LogP contribution is 2.40. The van der Waals surface area contributed by atoms with Crippen molar-refractivity contribution in [1.29, 1.82) is 10.5 Å². The third kappa shape index (κ3) is 22.7. The van der Waals surface area contributed by atoms with Crippen molar-refractivity contribution in [2.45, 2.75) is 113 Å². The SMILES string of the molecule is CN1CCC(C(CNC(=O)Nc2ccc(F)c(Cl)c2)c2ccc(-c3cccc(C#N)c3)cc2)CC1.N#Cc1cccc(-c2ccc(C3CN(C(=O)Nc4cc(Cl)cc(Cl)c4)CC4CN(C5CCCC5)CCN43)cc2)c1.O=C(NCC(c1ccc(-c2cccc([NH+]([O-])O)c2)cc1)C1CCN(C2CCCC2)CC1)Nc1cc(Cl)cc(Cl)c1. The van der Waals surface area contributed by atoms with Crippen molar-refractivity contribution in [3.8, 4) is 45.5 Å². The van der Waals surface area contributed by atoms with E-state index < -0.39 is 11.0 Å². The molecule has 9 aromatic carbocycles. The highest BCUT2D eigenvalue weighted by Gasteiger charge is 2.42. The van der Waals surface area contributed by atoms with Crippen LogP contribution in [0, 0.1) is 45.5 Å². The van der Waals surface area contributed by atoms with Gasteiger partial charge in [0.15, 0.2) is 5.69 Å². The predicted octanol–water partition coefficient (Wildman–Crippen LogP) is 19.9. The van der Waals surface area contributed by atoms with Crippen LogP contribution in [0.25, 0.3) is 33.4 Å². The Bertz CT molecular complexity index is 4850. The van der Waals surface area contributed by atoms with Crippen molar-refractivity contribution in [2.24, 2.45) is 11.8 Å². The molecular formula is C91H97Cl5FN13O5. The van der Waals surface area contributed by atoms with Gasteiger partial charge in [0, 0.05) is 125 Å². The van der Waals surface area contributed by atoms with Gasteiger partial charge in [0.2, 0.25) is 0 Å². The molecule has 0 bridgehead atoms. The van der Waals surface area contributed by atoms with Gasteiger partial charge < -0.3 is 46.5 Å². The first-order valence-corrected chi connectivity index (χ1v) is 41.7. The van der Waals surface area contributed by atoms with Crippen molar-refractivity contribution < 1.29 is 29.2 Å². The molecule has 2 saturated carbocycles. The Morgan fingerprint density at radius 3 is 1.44 bits per heavy atom. The summed E-state index contributed by atoms with van der Waals surface area (Å²) < 4.78 is 13.4. The number of hydrogen-bond acceptors (Lipinski definition) is 11. The average molecular weight is 1650 g/mol. The lowest BCUT2D eigenvalue weighted by Crippen LogP contribution is -2.99. The maximum absolute atomic E-state index is 13.5. The summed E-state index contributed by atoms with van der Waals surface area (Å²) in [6.45, 7) is 9.57. The second-order valence-electron chi connectivity index (χ2n) is 31.1. The van der Waals surface area contributed by atoms with Gasteiger partial charge in [0.25, 0.3) is 0 Å². The van der Waals surface area contributed by atoms with Crippen molar-refractivity contribution >= 4 is 98.8 Å². The monoisotopic (exact) mass is 1650 g/mol. The predicted molar refractivity (Wildman–Crippen MR) is 459 cm³/mol. The molecule has 4 saturated heterocycles. The topological polar surface area (TPSA) is 223 Å². The number of amides is 6. The number of halogens is 6. The minimum absolute atomic E-state index is 0.0348. The highest BCUT2D eigenvalue weighted by molar-refractivity contribution is 6.36. The lowest BCUT2D eigenvalue weighted by atomic mass is 9.79. The molecule has 4 aliphatic heterocycles. The molecule has 2 aliphatic carbocycles. The number of likely N-dealkylation sites (tertiary alicyclic amines) is 2. The molecule has 4 heterocycles. The summed E-state index contributed by atoms with van der Waals surface area (Å²) in [5.74, 6) is 0.673. The zero-order valence-corrected chi connectivity index (χ0v) is 68.2. The number of piperazine rings is 2. The number of nitrogens with one attached hydrogen (secondary N) is 6. The van der Waals surface area contributed by atoms with E-state index in [1.807, 2.05) is 65.6 Å². The van der Waals surface area contributed by atoms with Crippen molar-refractivity contribution in [3.05, 3.63) is 264 Å². The molecule has 5 unspecified atom stereocenters. The van der Waals surface area contributed by atoms with Crippen molar-refractivity contribution in [3.63, 3.8) is 0 Å². The summed E-state index contributed by atoms with van der Waals surface area (Å²) in [5, 5.41) is 54.9. The highest BCUT2D eigenvalue weighted by atomic mass is 35.5. The van der Waals surface area contributed by atoms with E-state index in [-0.39, 0.29) is 52.7 Å². The zero-order chi connectivity index (χ0) is 80.5. The third-order valence-corrected chi connectivity index (χ3v) is 24.8. The summed E-state index contributed by atoms with van der Waals surface area (Å²) in [6, 6.07) is 67.1. The van der Waals surface area contributed by atoms with Gasteiger partial charge in [-0.05, 0) is 225 Å². The van der Waals surface area contributed by atoms with Crippen LogP contribution in [0.2, 0.25) is 25.1 Å². The van der Waals surface area contributed by atoms with Crippen LogP contribution in [-0.4, -0.2) is 145 Å². The van der Waals surface area contributed by atoms with Gasteiger partial charge >= 0.3 is 18.1 Å². The van der Waals surface area contributed by atoms with Gasteiger partial charge in [0.1, 0.15) is 5.82 Å². The number of nitrogens with zero attached hydrogens (tertiary/aromatic N) is 7. The van der Waals surface area contributed by atoms with E-state index in [4.69, 9.17) is 58.0 Å². The van der Waals surface area contributed by atoms with Crippen LogP contribution in [0.3, 0.4) is 0 Å². The standard InChI is InChI=1S/C32H33Cl2N5O.C31H36Cl2N4O3.C28H28ClFN4O/c33-26-15-27(34)17-28(16-26)36-32(40)38-20-30-19-37(29-6-1-2-7-29)12-13-39(30)31(21-38)24-10-8-23(9-11-24)25-5-3-4-22(14-25)18-35;32-25-17-26(33)19-27(18-25)35-31(38)34-20-30(23-12-14-36(15-13-23)28-5-1-2-6-28)22-10-8-21(9-11-22)24-4-3-7-29(16-24)37(39)40;1-34-13-11-22(12-14-34)25(18-32-28(35)33-24-9-10-27(30)26(29)16-24)21-7-5-20(6-8-21)23-4-2-3-19(15-23)17-31/h3-5,8-11,14-17,29-31H,1-2,6-7,12-13,19-21H2,(H,36,40);3-4,7-11,16-19,23,28,30,37,39H,1-2,5-6,12-15,20H2,(H2,34,35,38);2-10,15-16,22,25H,11-14,18H2,1H3,(H2,32,33,35). The number of urea groups is 3. The van der Waals surface area contributed by atoms with Crippen LogP contribution in [0.15, 0.2) is 200 Å². The minimum Gasteiger partial charge on any atom is -0.595 e. The fourth-order valence-electron chi connectivity index (χ4n) is 17.6. The molecular weight excluding hydrogens is 1550 g/mol. The van der Waals surface area contributed by atoms with Gasteiger partial charge in [0.05, 0.1) is 34.3 Å². The number of piperidine rings is 2. The Labute approximate surface area is 698 Å². The van der Waals surface area contributed by atoms with Crippen LogP contribution >= 0.6 is 58.0 Å². The van der Waals surface area contributed by atoms with Crippen LogP contribution < -0.4 is 31.8 Å². The van der Waals surface area contributed by atoms with Crippen molar-refractivity contribution in [1.82, 2.24) is 35.1 Å². The lowest BCUT2D eigenvalue weighted by molar-refractivity contribution is -0.991. The van der Waals surface area contributed by atoms with E-state index in [9.17, 15) is 39.7 Å². The zero-order valence-electron chi connectivity index (χ0n) is 64.4. The Balaban J connectivity index is 0.000000151. The molecule has 0 aromatic heterocycles. The van der Waals surface area contributed by atoms with E-state index in [0.717, 1.165) is 111 Å². The molecule has 5 atom stereocenters. The number of nitriles is 2. The van der Waals surface area contributed by atoms with Gasteiger partial charge in [-0.2, -0.15) is 15.8 Å². The van der Waals surface area contributed by atoms with E-state index in [1.165, 1.54) is 86.3 Å². The molecule has 6 amide bonds. The summed E-state index contributed by atoms with van der Waals surface area (Å²) in [4.78, 5) is 51.2. The van der Waals surface area contributed by atoms with Crippen LogP contribution in [0.5, 0.6) is 0 Å². The number of fused-ring (bicyclic) bond motifs is 1. The largest absolute Gasteiger partial charge is 0.595 e. The quantitative estimate of drug-likeness (QED) is 0.0400. The second-order valence-corrected chi connectivity index (χ2v) is 33.2.